The van der Waals surface area contributed by atoms with Crippen molar-refractivity contribution >= 4 is 11.5 Å². The molecule has 0 N–H and O–H groups in total. The summed E-state index contributed by atoms with van der Waals surface area (Å²) in [5.41, 5.74) is 0.232. The van der Waals surface area contributed by atoms with E-state index in [1.807, 2.05) is 0 Å². The van der Waals surface area contributed by atoms with E-state index in [1.165, 1.54) is 7.11 Å². The topological polar surface area (TPSA) is 69.4 Å². The van der Waals surface area contributed by atoms with E-state index in [0.717, 1.165) is 18.9 Å². The van der Waals surface area contributed by atoms with Gasteiger partial charge in [0.15, 0.2) is 11.5 Å². The van der Waals surface area contributed by atoms with E-state index in [4.69, 9.17) is 4.74 Å². The van der Waals surface area contributed by atoms with Gasteiger partial charge in [0.25, 0.3) is 0 Å². The number of carbonyl (C=O) groups excluding carboxylic acids is 1. The average Bonchev–Trinajstić information content (AvgIpc) is 3.39. The van der Waals surface area contributed by atoms with Gasteiger partial charge in [-0.15, -0.1) is 0 Å². The number of hydrogen-bond donors (Lipinski definition) is 0. The van der Waals surface area contributed by atoms with Crippen LogP contribution in [0.5, 0.6) is 5.75 Å². The molecule has 0 aromatic heterocycles. The summed E-state index contributed by atoms with van der Waals surface area (Å²) in [5.74, 6) is -1.58. The monoisotopic (exact) mass is 315 g/mol. The molecular weight excluding hydrogens is 301 g/mol. The Morgan fingerprint density at radius 2 is 1.96 bits per heavy atom. The molecule has 0 bridgehead atoms. The summed E-state index contributed by atoms with van der Waals surface area (Å²) in [6.45, 7) is 0. The van der Waals surface area contributed by atoms with Gasteiger partial charge in [-0.2, -0.15) is 4.39 Å². The number of methoxy groups -OCH3 is 1. The van der Waals surface area contributed by atoms with Crippen LogP contribution >= 0.6 is 0 Å². The zero-order valence-electron chi connectivity index (χ0n) is 12.4. The number of carbonyl (C=O) groups is 1. The van der Waals surface area contributed by atoms with Crippen molar-refractivity contribution in [3.63, 3.8) is 0 Å². The number of halogens is 1. The fourth-order valence-electron chi connectivity index (χ4n) is 2.68. The van der Waals surface area contributed by atoms with Crippen molar-refractivity contribution in [2.75, 3.05) is 7.11 Å². The van der Waals surface area contributed by atoms with Crippen LogP contribution in [0.25, 0.3) is 0 Å². The Kier molecular flexibility index (Phi) is 3.82. The molecule has 2 aromatic rings. The molecule has 0 radical (unpaired) electrons. The molecule has 2 aromatic carbocycles. The van der Waals surface area contributed by atoms with Crippen molar-refractivity contribution in [1.82, 2.24) is 0 Å². The SMILES string of the molecule is COc1c(F)c([N+](=O)[O-])cc(C(=O)c2ccccc2)c1C1CC1. The number of benzene rings is 2. The van der Waals surface area contributed by atoms with Crippen LogP contribution in [-0.2, 0) is 0 Å². The molecule has 23 heavy (non-hydrogen) atoms. The third-order valence-corrected chi connectivity index (χ3v) is 3.91. The largest absolute Gasteiger partial charge is 0.493 e. The van der Waals surface area contributed by atoms with Crippen LogP contribution in [-0.4, -0.2) is 17.8 Å². The number of nitrogens with zero attached hydrogens (tertiary/aromatic N) is 1. The van der Waals surface area contributed by atoms with Crippen molar-refractivity contribution in [2.45, 2.75) is 18.8 Å². The van der Waals surface area contributed by atoms with Crippen molar-refractivity contribution in [1.29, 1.82) is 0 Å². The maximum atomic E-state index is 14.3. The lowest BCUT2D eigenvalue weighted by Gasteiger charge is -2.14. The van der Waals surface area contributed by atoms with Crippen LogP contribution in [0.1, 0.15) is 40.2 Å². The Morgan fingerprint density at radius 3 is 2.48 bits per heavy atom. The number of hydrogen-bond acceptors (Lipinski definition) is 4. The highest BCUT2D eigenvalue weighted by atomic mass is 19.1. The predicted molar refractivity (Wildman–Crippen MR) is 81.5 cm³/mol. The van der Waals surface area contributed by atoms with Gasteiger partial charge in [0.1, 0.15) is 0 Å². The molecule has 0 heterocycles. The van der Waals surface area contributed by atoms with E-state index in [2.05, 4.69) is 0 Å². The van der Waals surface area contributed by atoms with Gasteiger partial charge in [0, 0.05) is 22.8 Å². The summed E-state index contributed by atoms with van der Waals surface area (Å²) in [6.07, 6.45) is 1.62. The van der Waals surface area contributed by atoms with Gasteiger partial charge in [0.05, 0.1) is 12.0 Å². The van der Waals surface area contributed by atoms with Crippen molar-refractivity contribution in [3.05, 3.63) is 69.0 Å². The summed E-state index contributed by atoms with van der Waals surface area (Å²) < 4.78 is 19.4. The second-order valence-electron chi connectivity index (χ2n) is 5.43. The Labute approximate surface area is 131 Å². The van der Waals surface area contributed by atoms with Gasteiger partial charge < -0.3 is 4.74 Å². The third kappa shape index (κ3) is 2.67. The molecule has 1 aliphatic carbocycles. The molecule has 0 aliphatic heterocycles. The van der Waals surface area contributed by atoms with E-state index in [1.54, 1.807) is 30.3 Å². The first-order chi connectivity index (χ1) is 11.0. The molecule has 1 aliphatic rings. The van der Waals surface area contributed by atoms with Crippen LogP contribution in [0.15, 0.2) is 36.4 Å². The highest BCUT2D eigenvalue weighted by molar-refractivity contribution is 6.10. The number of ketones is 1. The summed E-state index contributed by atoms with van der Waals surface area (Å²) in [6, 6.07) is 9.47. The van der Waals surface area contributed by atoms with E-state index < -0.39 is 16.4 Å². The Balaban J connectivity index is 2.24. The lowest BCUT2D eigenvalue weighted by molar-refractivity contribution is -0.387. The van der Waals surface area contributed by atoms with Crippen molar-refractivity contribution in [2.24, 2.45) is 0 Å². The quantitative estimate of drug-likeness (QED) is 0.477. The predicted octanol–water partition coefficient (Wildman–Crippen LogP) is 3.85. The van der Waals surface area contributed by atoms with Crippen molar-refractivity contribution < 1.29 is 18.8 Å². The first-order valence-electron chi connectivity index (χ1n) is 7.19. The zero-order chi connectivity index (χ0) is 16.6. The second kappa shape index (κ2) is 5.79. The second-order valence-corrected chi connectivity index (χ2v) is 5.43. The summed E-state index contributed by atoms with van der Waals surface area (Å²) >= 11 is 0. The van der Waals surface area contributed by atoms with Gasteiger partial charge >= 0.3 is 5.69 Å². The minimum atomic E-state index is -1.02. The van der Waals surface area contributed by atoms with E-state index >= 15 is 0 Å². The smallest absolute Gasteiger partial charge is 0.309 e. The average molecular weight is 315 g/mol. The molecular formula is C17H14FNO4. The molecule has 0 atom stereocenters. The summed E-state index contributed by atoms with van der Waals surface area (Å²) in [5, 5.41) is 11.1. The maximum Gasteiger partial charge on any atom is 0.309 e. The molecule has 6 heteroatoms. The Hall–Kier alpha value is -2.76. The van der Waals surface area contributed by atoms with Gasteiger partial charge in [0.2, 0.25) is 5.82 Å². The Morgan fingerprint density at radius 1 is 1.30 bits per heavy atom. The number of nitro benzene ring substituents is 1. The third-order valence-electron chi connectivity index (χ3n) is 3.91. The van der Waals surface area contributed by atoms with Crippen LogP contribution in [0, 0.1) is 15.9 Å². The van der Waals surface area contributed by atoms with Gasteiger partial charge in [-0.1, -0.05) is 30.3 Å². The summed E-state index contributed by atoms with van der Waals surface area (Å²) in [4.78, 5) is 23.0. The molecule has 0 unspecified atom stereocenters. The molecule has 0 spiro atoms. The lowest BCUT2D eigenvalue weighted by atomic mass is 9.94. The van der Waals surface area contributed by atoms with E-state index in [-0.39, 0.29) is 23.0 Å². The number of rotatable bonds is 5. The number of nitro groups is 1. The number of ether oxygens (including phenoxy) is 1. The standard InChI is InChI=1S/C17H14FNO4/c1-23-17-14(10-7-8-10)12(9-13(15(17)18)19(21)22)16(20)11-5-3-2-4-6-11/h2-6,9-10H,7-8H2,1H3. The minimum Gasteiger partial charge on any atom is -0.493 e. The van der Waals surface area contributed by atoms with Gasteiger partial charge in [-0.3, -0.25) is 14.9 Å². The van der Waals surface area contributed by atoms with Crippen molar-refractivity contribution in [3.8, 4) is 5.75 Å². The molecule has 0 amide bonds. The van der Waals surface area contributed by atoms with Crippen LogP contribution in [0.3, 0.4) is 0 Å². The molecule has 0 saturated heterocycles. The zero-order valence-corrected chi connectivity index (χ0v) is 12.4. The summed E-state index contributed by atoms with van der Waals surface area (Å²) in [7, 11) is 1.25. The highest BCUT2D eigenvalue weighted by Gasteiger charge is 2.36. The molecule has 3 rings (SSSR count). The fraction of sp³-hybridized carbons (Fsp3) is 0.235. The fourth-order valence-corrected chi connectivity index (χ4v) is 2.68. The molecule has 118 valence electrons. The normalized spacial score (nSPS) is 13.7. The van der Waals surface area contributed by atoms with Crippen LogP contribution in [0.2, 0.25) is 0 Å². The lowest BCUT2D eigenvalue weighted by Crippen LogP contribution is -2.10. The molecule has 5 nitrogen and oxygen atoms in total. The van der Waals surface area contributed by atoms with E-state index in [9.17, 15) is 19.3 Å². The molecule has 1 saturated carbocycles. The highest BCUT2D eigenvalue weighted by Crippen LogP contribution is 2.49. The maximum absolute atomic E-state index is 14.3. The Bertz CT molecular complexity index is 785. The first kappa shape index (κ1) is 15.1. The minimum absolute atomic E-state index is 0.00270. The van der Waals surface area contributed by atoms with E-state index in [0.29, 0.717) is 11.1 Å². The molecule has 1 fully saturated rings. The van der Waals surface area contributed by atoms with Gasteiger partial charge in [-0.25, -0.2) is 0 Å². The van der Waals surface area contributed by atoms with Crippen LogP contribution in [0.4, 0.5) is 10.1 Å². The first-order valence-corrected chi connectivity index (χ1v) is 7.19. The van der Waals surface area contributed by atoms with Gasteiger partial charge in [-0.05, 0) is 18.8 Å². The van der Waals surface area contributed by atoms with Crippen LogP contribution < -0.4 is 4.74 Å².